The predicted octanol–water partition coefficient (Wildman–Crippen LogP) is 0.671. The van der Waals surface area contributed by atoms with E-state index in [0.29, 0.717) is 36.0 Å². The Morgan fingerprint density at radius 3 is 2.55 bits per heavy atom. The molecule has 2 aliphatic heterocycles. The Morgan fingerprint density at radius 2 is 1.85 bits per heavy atom. The highest BCUT2D eigenvalue weighted by atomic mass is 32.2. The molecule has 0 saturated carbocycles. The van der Waals surface area contributed by atoms with Gasteiger partial charge in [0.2, 0.25) is 5.95 Å². The smallest absolute Gasteiger partial charge is 0.252 e. The molecule has 2 N–H and O–H groups in total. The van der Waals surface area contributed by atoms with Crippen LogP contribution < -0.4 is 15.5 Å². The summed E-state index contributed by atoms with van der Waals surface area (Å²) in [7, 11) is -3.30. The monoisotopic (exact) mass is 467 g/mol. The van der Waals surface area contributed by atoms with Crippen LogP contribution in [0, 0.1) is 0 Å². The van der Waals surface area contributed by atoms with E-state index in [2.05, 4.69) is 15.0 Å². The van der Waals surface area contributed by atoms with Gasteiger partial charge in [0.05, 0.1) is 36.4 Å². The third kappa shape index (κ3) is 3.98. The minimum absolute atomic E-state index is 0.124. The maximum Gasteiger partial charge on any atom is 0.252 e. The van der Waals surface area contributed by atoms with Gasteiger partial charge in [0.1, 0.15) is 11.7 Å². The summed E-state index contributed by atoms with van der Waals surface area (Å²) in [4.78, 5) is 34.3. The summed E-state index contributed by atoms with van der Waals surface area (Å²) < 4.78 is 29.1. The summed E-state index contributed by atoms with van der Waals surface area (Å²) in [6.07, 6.45) is 5.87. The van der Waals surface area contributed by atoms with Crippen molar-refractivity contribution < 1.29 is 17.9 Å². The summed E-state index contributed by atoms with van der Waals surface area (Å²) in [5.74, 6) is 1.08. The number of sulfone groups is 1. The fourth-order valence-corrected chi connectivity index (χ4v) is 4.54. The number of hydrogen-bond donors (Lipinski definition) is 1. The SMILES string of the molecule is CS(=O)(=O)c1ccc(CN2C(=O)C3COCCN3c3nc(-c4cnc(N)nc4)ncc32)cc1. The van der Waals surface area contributed by atoms with Gasteiger partial charge >= 0.3 is 0 Å². The summed E-state index contributed by atoms with van der Waals surface area (Å²) >= 11 is 0. The molecule has 0 spiro atoms. The molecule has 2 aliphatic rings. The van der Waals surface area contributed by atoms with Crippen molar-refractivity contribution in [3.63, 3.8) is 0 Å². The number of nitrogen functional groups attached to an aromatic ring is 1. The van der Waals surface area contributed by atoms with Crippen molar-refractivity contribution in [1.29, 1.82) is 0 Å². The Hall–Kier alpha value is -3.64. The van der Waals surface area contributed by atoms with Crippen molar-refractivity contribution in [3.8, 4) is 11.4 Å². The Kier molecular flexibility index (Phi) is 5.17. The molecule has 0 aliphatic carbocycles. The summed E-state index contributed by atoms with van der Waals surface area (Å²) in [6.45, 7) is 1.51. The molecular weight excluding hydrogens is 446 g/mol. The summed E-state index contributed by atoms with van der Waals surface area (Å²) in [5, 5.41) is 0. The number of nitrogens with zero attached hydrogens (tertiary/aromatic N) is 6. The van der Waals surface area contributed by atoms with Gasteiger partial charge in [0.25, 0.3) is 5.91 Å². The third-order valence-electron chi connectivity index (χ3n) is 5.61. The number of fused-ring (bicyclic) bond motifs is 3. The van der Waals surface area contributed by atoms with Crippen molar-refractivity contribution >= 4 is 33.2 Å². The van der Waals surface area contributed by atoms with E-state index in [1.165, 1.54) is 12.1 Å². The topological polar surface area (TPSA) is 144 Å². The molecule has 1 unspecified atom stereocenters. The van der Waals surface area contributed by atoms with E-state index in [-0.39, 0.29) is 29.9 Å². The quantitative estimate of drug-likeness (QED) is 0.581. The number of carbonyl (C=O) groups excluding carboxylic acids is 1. The molecule has 1 fully saturated rings. The number of anilines is 3. The molecule has 12 heteroatoms. The lowest BCUT2D eigenvalue weighted by molar-refractivity contribution is -0.122. The van der Waals surface area contributed by atoms with Crippen LogP contribution in [-0.2, 0) is 25.9 Å². The number of ether oxygens (including phenoxy) is 1. The van der Waals surface area contributed by atoms with E-state index in [0.717, 1.165) is 11.8 Å². The molecule has 1 atom stereocenters. The fraction of sp³-hybridized carbons (Fsp3) is 0.286. The number of hydrogen-bond acceptors (Lipinski definition) is 10. The molecule has 1 saturated heterocycles. The van der Waals surface area contributed by atoms with Crippen molar-refractivity contribution in [1.82, 2.24) is 19.9 Å². The number of morpholine rings is 1. The van der Waals surface area contributed by atoms with Crippen molar-refractivity contribution in [3.05, 3.63) is 48.4 Å². The Bertz CT molecular complexity index is 1310. The second-order valence-electron chi connectivity index (χ2n) is 7.86. The van der Waals surface area contributed by atoms with Gasteiger partial charge in [-0.3, -0.25) is 4.79 Å². The number of amides is 1. The lowest BCUT2D eigenvalue weighted by atomic mass is 10.1. The third-order valence-corrected chi connectivity index (χ3v) is 6.74. The number of carbonyl (C=O) groups is 1. The van der Waals surface area contributed by atoms with Gasteiger partial charge < -0.3 is 20.3 Å². The number of nitrogens with two attached hydrogens (primary N) is 1. The Morgan fingerprint density at radius 1 is 1.12 bits per heavy atom. The second-order valence-corrected chi connectivity index (χ2v) is 9.87. The van der Waals surface area contributed by atoms with Crippen LogP contribution in [0.2, 0.25) is 0 Å². The first kappa shape index (κ1) is 21.2. The minimum atomic E-state index is -3.30. The molecule has 33 heavy (non-hydrogen) atoms. The van der Waals surface area contributed by atoms with Gasteiger partial charge in [-0.2, -0.15) is 0 Å². The fourth-order valence-electron chi connectivity index (χ4n) is 3.91. The highest BCUT2D eigenvalue weighted by Crippen LogP contribution is 2.37. The molecule has 1 aromatic carbocycles. The van der Waals surface area contributed by atoms with E-state index in [4.69, 9.17) is 15.5 Å². The molecule has 3 aromatic rings. The van der Waals surface area contributed by atoms with Crippen molar-refractivity contribution in [2.75, 3.05) is 41.5 Å². The Balaban J connectivity index is 1.54. The molecule has 4 heterocycles. The summed E-state index contributed by atoms with van der Waals surface area (Å²) in [5.41, 5.74) is 7.54. The Labute approximate surface area is 190 Å². The highest BCUT2D eigenvalue weighted by molar-refractivity contribution is 7.90. The van der Waals surface area contributed by atoms with Crippen LogP contribution in [0.1, 0.15) is 5.56 Å². The zero-order chi connectivity index (χ0) is 23.2. The predicted molar refractivity (Wildman–Crippen MR) is 120 cm³/mol. The second kappa shape index (κ2) is 8.05. The van der Waals surface area contributed by atoms with Gasteiger partial charge in [0, 0.05) is 25.2 Å². The molecule has 11 nitrogen and oxygen atoms in total. The first-order valence-electron chi connectivity index (χ1n) is 10.2. The van der Waals surface area contributed by atoms with Crippen LogP contribution in [0.15, 0.2) is 47.8 Å². The lowest BCUT2D eigenvalue weighted by Gasteiger charge is -2.43. The van der Waals surface area contributed by atoms with Crippen molar-refractivity contribution in [2.45, 2.75) is 17.5 Å². The van der Waals surface area contributed by atoms with E-state index in [1.54, 1.807) is 35.6 Å². The lowest BCUT2D eigenvalue weighted by Crippen LogP contribution is -2.58. The van der Waals surface area contributed by atoms with Gasteiger partial charge in [-0.25, -0.2) is 28.4 Å². The zero-order valence-corrected chi connectivity index (χ0v) is 18.6. The zero-order valence-electron chi connectivity index (χ0n) is 17.7. The van der Waals surface area contributed by atoms with Crippen LogP contribution in [0.5, 0.6) is 0 Å². The first-order valence-corrected chi connectivity index (χ1v) is 12.1. The molecule has 1 amide bonds. The molecule has 5 rings (SSSR count). The van der Waals surface area contributed by atoms with E-state index >= 15 is 0 Å². The van der Waals surface area contributed by atoms with E-state index in [9.17, 15) is 13.2 Å². The maximum absolute atomic E-state index is 13.4. The number of aromatic nitrogens is 4. The van der Waals surface area contributed by atoms with E-state index < -0.39 is 15.9 Å². The minimum Gasteiger partial charge on any atom is -0.377 e. The highest BCUT2D eigenvalue weighted by Gasteiger charge is 2.41. The van der Waals surface area contributed by atoms with Crippen molar-refractivity contribution in [2.24, 2.45) is 0 Å². The number of benzene rings is 1. The number of rotatable bonds is 4. The maximum atomic E-state index is 13.4. The van der Waals surface area contributed by atoms with Crippen LogP contribution in [0.4, 0.5) is 17.5 Å². The standard InChI is InChI=1S/C21H21N7O4S/c1-33(30,31)15-4-2-13(3-5-15)11-28-16-10-23-18(14-8-24-21(22)25-9-14)26-19(16)27-6-7-32-12-17(27)20(28)29/h2-5,8-10,17H,6-7,11-12H2,1H3,(H2,22,24,25). The van der Waals surface area contributed by atoms with Crippen LogP contribution in [0.25, 0.3) is 11.4 Å². The molecule has 0 radical (unpaired) electrons. The van der Waals surface area contributed by atoms with E-state index in [1.807, 2.05) is 4.90 Å². The first-order chi connectivity index (χ1) is 15.8. The van der Waals surface area contributed by atoms with Gasteiger partial charge in [-0.05, 0) is 17.7 Å². The molecular formula is C21H21N7O4S. The van der Waals surface area contributed by atoms with Gasteiger partial charge in [-0.1, -0.05) is 12.1 Å². The van der Waals surface area contributed by atoms with Crippen LogP contribution in [-0.4, -0.2) is 66.3 Å². The van der Waals surface area contributed by atoms with Gasteiger partial charge in [0.15, 0.2) is 21.5 Å². The average molecular weight is 468 g/mol. The van der Waals surface area contributed by atoms with Crippen LogP contribution in [0.3, 0.4) is 0 Å². The molecule has 2 aromatic heterocycles. The van der Waals surface area contributed by atoms with Crippen LogP contribution >= 0.6 is 0 Å². The normalized spacial score (nSPS) is 18.1. The summed E-state index contributed by atoms with van der Waals surface area (Å²) in [6, 6.07) is 5.97. The average Bonchev–Trinajstić information content (AvgIpc) is 2.82. The molecule has 170 valence electrons. The molecule has 0 bridgehead atoms. The largest absolute Gasteiger partial charge is 0.377 e. The van der Waals surface area contributed by atoms with Gasteiger partial charge in [-0.15, -0.1) is 0 Å².